The standard InChI is InChI=1S/C15H12ClN3OS/c16-14-12(7-4-10-17-14)18-15(21)19-13(20)9-8-11-5-2-1-3-6-11/h1-10H,(H2,18,19,20,21). The third-order valence-electron chi connectivity index (χ3n) is 2.47. The van der Waals surface area contributed by atoms with Gasteiger partial charge < -0.3 is 5.32 Å². The van der Waals surface area contributed by atoms with Crippen molar-refractivity contribution in [3.8, 4) is 0 Å². The molecule has 4 nitrogen and oxygen atoms in total. The number of benzene rings is 1. The Hall–Kier alpha value is -2.24. The number of pyridine rings is 1. The molecule has 0 aliphatic carbocycles. The van der Waals surface area contributed by atoms with Crippen molar-refractivity contribution in [3.05, 3.63) is 65.5 Å². The van der Waals surface area contributed by atoms with Gasteiger partial charge in [0, 0.05) is 12.3 Å². The van der Waals surface area contributed by atoms with E-state index >= 15 is 0 Å². The van der Waals surface area contributed by atoms with Gasteiger partial charge in [-0.3, -0.25) is 10.1 Å². The SMILES string of the molecule is O=C(C=Cc1ccccc1)NC(=S)Nc1cccnc1Cl. The van der Waals surface area contributed by atoms with Gasteiger partial charge in [-0.25, -0.2) is 4.98 Å². The number of aromatic nitrogens is 1. The second-order valence-electron chi connectivity index (χ2n) is 4.03. The number of nitrogens with zero attached hydrogens (tertiary/aromatic N) is 1. The molecular weight excluding hydrogens is 306 g/mol. The van der Waals surface area contributed by atoms with E-state index < -0.39 is 0 Å². The molecule has 0 bridgehead atoms. The van der Waals surface area contributed by atoms with Crippen molar-refractivity contribution >= 4 is 46.6 Å². The van der Waals surface area contributed by atoms with Crippen molar-refractivity contribution in [1.29, 1.82) is 0 Å². The fraction of sp³-hybridized carbons (Fsp3) is 0. The number of anilines is 1. The van der Waals surface area contributed by atoms with Crippen molar-refractivity contribution in [2.45, 2.75) is 0 Å². The molecule has 0 saturated carbocycles. The maximum Gasteiger partial charge on any atom is 0.250 e. The van der Waals surface area contributed by atoms with Crippen LogP contribution in [0.2, 0.25) is 5.15 Å². The number of carbonyl (C=O) groups excluding carboxylic acids is 1. The number of hydrogen-bond donors (Lipinski definition) is 2. The van der Waals surface area contributed by atoms with Gasteiger partial charge in [0.05, 0.1) is 5.69 Å². The maximum atomic E-state index is 11.7. The summed E-state index contributed by atoms with van der Waals surface area (Å²) < 4.78 is 0. The molecule has 0 spiro atoms. The van der Waals surface area contributed by atoms with Crippen LogP contribution in [0.1, 0.15) is 5.56 Å². The fourth-order valence-corrected chi connectivity index (χ4v) is 1.90. The lowest BCUT2D eigenvalue weighted by molar-refractivity contribution is -0.115. The second-order valence-corrected chi connectivity index (χ2v) is 4.80. The molecule has 6 heteroatoms. The van der Waals surface area contributed by atoms with Crippen molar-refractivity contribution < 1.29 is 4.79 Å². The minimum absolute atomic E-state index is 0.160. The highest BCUT2D eigenvalue weighted by Gasteiger charge is 2.04. The van der Waals surface area contributed by atoms with Crippen LogP contribution in [-0.4, -0.2) is 16.0 Å². The molecule has 0 unspecified atom stereocenters. The van der Waals surface area contributed by atoms with Crippen LogP contribution in [0, 0.1) is 0 Å². The predicted molar refractivity (Wildman–Crippen MR) is 89.1 cm³/mol. The lowest BCUT2D eigenvalue weighted by Crippen LogP contribution is -2.32. The number of thiocarbonyl (C=S) groups is 1. The number of nitrogens with one attached hydrogen (secondary N) is 2. The van der Waals surface area contributed by atoms with E-state index in [0.29, 0.717) is 5.69 Å². The molecule has 0 atom stereocenters. The Morgan fingerprint density at radius 3 is 2.67 bits per heavy atom. The van der Waals surface area contributed by atoms with Crippen LogP contribution in [0.5, 0.6) is 0 Å². The zero-order valence-electron chi connectivity index (χ0n) is 10.9. The van der Waals surface area contributed by atoms with Gasteiger partial charge in [0.15, 0.2) is 10.3 Å². The van der Waals surface area contributed by atoms with Crippen molar-refractivity contribution in [2.75, 3.05) is 5.32 Å². The first kappa shape index (κ1) is 15.2. The molecule has 1 aromatic carbocycles. The zero-order valence-corrected chi connectivity index (χ0v) is 12.5. The average molecular weight is 318 g/mol. The number of rotatable bonds is 3. The third kappa shape index (κ3) is 4.98. The van der Waals surface area contributed by atoms with Crippen LogP contribution in [0.15, 0.2) is 54.7 Å². The quantitative estimate of drug-likeness (QED) is 0.518. The fourth-order valence-electron chi connectivity index (χ4n) is 1.52. The first-order valence-corrected chi connectivity index (χ1v) is 6.89. The minimum atomic E-state index is -0.323. The summed E-state index contributed by atoms with van der Waals surface area (Å²) >= 11 is 10.9. The van der Waals surface area contributed by atoms with Gasteiger partial charge in [0.1, 0.15) is 0 Å². The number of carbonyl (C=O) groups is 1. The predicted octanol–water partition coefficient (Wildman–Crippen LogP) is 3.26. The Labute approximate surface area is 132 Å². The molecule has 0 aliphatic heterocycles. The zero-order chi connectivity index (χ0) is 15.1. The highest BCUT2D eigenvalue weighted by atomic mass is 35.5. The number of hydrogen-bond acceptors (Lipinski definition) is 3. The van der Waals surface area contributed by atoms with Gasteiger partial charge in [-0.2, -0.15) is 0 Å². The number of halogens is 1. The van der Waals surface area contributed by atoms with E-state index in [1.165, 1.54) is 6.08 Å². The van der Waals surface area contributed by atoms with Crippen LogP contribution in [0.25, 0.3) is 6.08 Å². The van der Waals surface area contributed by atoms with Crippen LogP contribution >= 0.6 is 23.8 Å². The van der Waals surface area contributed by atoms with Gasteiger partial charge in [-0.05, 0) is 36.0 Å². The van der Waals surface area contributed by atoms with Crippen molar-refractivity contribution in [2.24, 2.45) is 0 Å². The van der Waals surface area contributed by atoms with Crippen LogP contribution in [0.4, 0.5) is 5.69 Å². The summed E-state index contributed by atoms with van der Waals surface area (Å²) in [6.07, 6.45) is 4.68. The van der Waals surface area contributed by atoms with Crippen molar-refractivity contribution in [1.82, 2.24) is 10.3 Å². The lowest BCUT2D eigenvalue weighted by Gasteiger charge is -2.08. The summed E-state index contributed by atoms with van der Waals surface area (Å²) in [5.74, 6) is -0.323. The molecule has 0 fully saturated rings. The smallest absolute Gasteiger partial charge is 0.250 e. The molecule has 0 radical (unpaired) electrons. The summed E-state index contributed by atoms with van der Waals surface area (Å²) in [4.78, 5) is 15.6. The van der Waals surface area contributed by atoms with Gasteiger partial charge in [0.2, 0.25) is 5.91 Å². The normalized spacial score (nSPS) is 10.3. The molecule has 1 heterocycles. The van der Waals surface area contributed by atoms with Gasteiger partial charge >= 0.3 is 0 Å². The van der Waals surface area contributed by atoms with Crippen molar-refractivity contribution in [3.63, 3.8) is 0 Å². The maximum absolute atomic E-state index is 11.7. The third-order valence-corrected chi connectivity index (χ3v) is 2.98. The molecule has 106 valence electrons. The topological polar surface area (TPSA) is 54.0 Å². The Balaban J connectivity index is 1.90. The van der Waals surface area contributed by atoms with Gasteiger partial charge in [0.25, 0.3) is 0 Å². The Bertz CT molecular complexity index is 674. The van der Waals surface area contributed by atoms with Gasteiger partial charge in [-0.15, -0.1) is 0 Å². The summed E-state index contributed by atoms with van der Waals surface area (Å²) in [6.45, 7) is 0. The van der Waals surface area contributed by atoms with E-state index in [-0.39, 0.29) is 16.2 Å². The molecule has 0 saturated heterocycles. The Kier molecular flexibility index (Phi) is 5.43. The second kappa shape index (κ2) is 7.52. The minimum Gasteiger partial charge on any atom is -0.330 e. The number of amides is 1. The molecule has 1 aromatic heterocycles. The van der Waals surface area contributed by atoms with Crippen LogP contribution < -0.4 is 10.6 Å². The largest absolute Gasteiger partial charge is 0.330 e. The molecule has 2 rings (SSSR count). The van der Waals surface area contributed by atoms with Gasteiger partial charge in [-0.1, -0.05) is 41.9 Å². The van der Waals surface area contributed by atoms with E-state index in [1.807, 2.05) is 30.3 Å². The lowest BCUT2D eigenvalue weighted by atomic mass is 10.2. The summed E-state index contributed by atoms with van der Waals surface area (Å²) in [5.41, 5.74) is 1.47. The summed E-state index contributed by atoms with van der Waals surface area (Å²) in [5, 5.41) is 5.79. The molecule has 21 heavy (non-hydrogen) atoms. The Morgan fingerprint density at radius 1 is 1.19 bits per heavy atom. The molecule has 2 N–H and O–H groups in total. The van der Waals surface area contributed by atoms with Crippen LogP contribution in [-0.2, 0) is 4.79 Å². The van der Waals surface area contributed by atoms with E-state index in [9.17, 15) is 4.79 Å². The average Bonchev–Trinajstić information content (AvgIpc) is 2.48. The first-order valence-electron chi connectivity index (χ1n) is 6.11. The summed E-state index contributed by atoms with van der Waals surface area (Å²) in [7, 11) is 0. The monoisotopic (exact) mass is 317 g/mol. The van der Waals surface area contributed by atoms with E-state index in [0.717, 1.165) is 5.56 Å². The van der Waals surface area contributed by atoms with Crippen LogP contribution in [0.3, 0.4) is 0 Å². The molecular formula is C15H12ClN3OS. The molecule has 1 amide bonds. The highest BCUT2D eigenvalue weighted by molar-refractivity contribution is 7.80. The molecule has 2 aromatic rings. The van der Waals surface area contributed by atoms with E-state index in [1.54, 1.807) is 24.4 Å². The Morgan fingerprint density at radius 2 is 1.95 bits per heavy atom. The summed E-state index contributed by atoms with van der Waals surface area (Å²) in [6, 6.07) is 12.9. The first-order chi connectivity index (χ1) is 10.1. The van der Waals surface area contributed by atoms with E-state index in [4.69, 9.17) is 23.8 Å². The molecule has 0 aliphatic rings. The highest BCUT2D eigenvalue weighted by Crippen LogP contribution is 2.16. The van der Waals surface area contributed by atoms with E-state index in [2.05, 4.69) is 15.6 Å².